The van der Waals surface area contributed by atoms with Crippen LogP contribution < -0.4 is 10.6 Å². The SMILES string of the molecule is CN=C(NCc1cccc(CN2CCCC2=O)c1)NCC(C(C)C)N1CCOCC1.I. The third-order valence-electron chi connectivity index (χ3n) is 5.98. The molecule has 2 aliphatic rings. The second-order valence-electron chi connectivity index (χ2n) is 8.51. The molecule has 1 atom stereocenters. The Kier molecular flexibility index (Phi) is 11.0. The molecule has 174 valence electrons. The van der Waals surface area contributed by atoms with Gasteiger partial charge in [0.15, 0.2) is 5.96 Å². The molecule has 0 bridgehead atoms. The summed E-state index contributed by atoms with van der Waals surface area (Å²) in [4.78, 5) is 20.7. The minimum absolute atomic E-state index is 0. The first-order valence-corrected chi connectivity index (χ1v) is 11.2. The summed E-state index contributed by atoms with van der Waals surface area (Å²) in [5.41, 5.74) is 2.37. The van der Waals surface area contributed by atoms with Crippen LogP contribution in [0.1, 0.15) is 37.8 Å². The number of benzene rings is 1. The molecule has 1 amide bonds. The number of carbonyl (C=O) groups is 1. The van der Waals surface area contributed by atoms with Gasteiger partial charge >= 0.3 is 0 Å². The average molecular weight is 543 g/mol. The standard InChI is InChI=1S/C23H37N5O2.HI/c1-18(2)21(27-10-12-30-13-11-27)16-26-23(24-3)25-15-19-6-4-7-20(14-19)17-28-9-5-8-22(28)29;/h4,6-7,14,18,21H,5,8-13,15-17H2,1-3H3,(H2,24,25,26);1H. The van der Waals surface area contributed by atoms with E-state index < -0.39 is 0 Å². The minimum Gasteiger partial charge on any atom is -0.379 e. The molecule has 7 nitrogen and oxygen atoms in total. The fourth-order valence-electron chi connectivity index (χ4n) is 4.23. The number of ether oxygens (including phenoxy) is 1. The van der Waals surface area contributed by atoms with Gasteiger partial charge in [-0.2, -0.15) is 0 Å². The molecule has 2 N–H and O–H groups in total. The molecule has 0 saturated carbocycles. The first kappa shape index (κ1) is 25.9. The van der Waals surface area contributed by atoms with Crippen LogP contribution in [0, 0.1) is 5.92 Å². The van der Waals surface area contributed by atoms with Crippen molar-refractivity contribution in [2.24, 2.45) is 10.9 Å². The van der Waals surface area contributed by atoms with Crippen molar-refractivity contribution in [2.45, 2.75) is 45.8 Å². The largest absolute Gasteiger partial charge is 0.379 e. The monoisotopic (exact) mass is 543 g/mol. The van der Waals surface area contributed by atoms with Crippen LogP contribution in [0.4, 0.5) is 0 Å². The summed E-state index contributed by atoms with van der Waals surface area (Å²) >= 11 is 0. The second-order valence-corrected chi connectivity index (χ2v) is 8.51. The Morgan fingerprint density at radius 1 is 1.16 bits per heavy atom. The topological polar surface area (TPSA) is 69.2 Å². The fourth-order valence-corrected chi connectivity index (χ4v) is 4.23. The number of morpholine rings is 1. The number of hydrogen-bond donors (Lipinski definition) is 2. The van der Waals surface area contributed by atoms with Crippen molar-refractivity contribution in [2.75, 3.05) is 46.4 Å². The van der Waals surface area contributed by atoms with E-state index >= 15 is 0 Å². The van der Waals surface area contributed by atoms with Gasteiger partial charge in [0.25, 0.3) is 0 Å². The average Bonchev–Trinajstić information content (AvgIpc) is 3.15. The Bertz CT molecular complexity index is 722. The van der Waals surface area contributed by atoms with Crippen LogP contribution in [0.3, 0.4) is 0 Å². The molecule has 2 heterocycles. The summed E-state index contributed by atoms with van der Waals surface area (Å²) in [5.74, 6) is 1.64. The maximum atomic E-state index is 11.9. The zero-order chi connectivity index (χ0) is 21.3. The third-order valence-corrected chi connectivity index (χ3v) is 5.98. The molecule has 2 fully saturated rings. The summed E-state index contributed by atoms with van der Waals surface area (Å²) in [6, 6.07) is 8.90. The van der Waals surface area contributed by atoms with Gasteiger partial charge in [0.05, 0.1) is 13.2 Å². The molecule has 2 aliphatic heterocycles. The molecule has 1 unspecified atom stereocenters. The van der Waals surface area contributed by atoms with Crippen LogP contribution in [0.5, 0.6) is 0 Å². The van der Waals surface area contributed by atoms with Crippen molar-refractivity contribution in [3.63, 3.8) is 0 Å². The summed E-state index contributed by atoms with van der Waals surface area (Å²) in [6.07, 6.45) is 1.66. The highest BCUT2D eigenvalue weighted by molar-refractivity contribution is 14.0. The van der Waals surface area contributed by atoms with Crippen LogP contribution >= 0.6 is 24.0 Å². The van der Waals surface area contributed by atoms with Crippen molar-refractivity contribution in [1.29, 1.82) is 0 Å². The Hall–Kier alpha value is -1.39. The molecular weight excluding hydrogens is 505 g/mol. The first-order chi connectivity index (χ1) is 14.6. The lowest BCUT2D eigenvalue weighted by atomic mass is 10.0. The zero-order valence-electron chi connectivity index (χ0n) is 19.1. The van der Waals surface area contributed by atoms with Gasteiger partial charge in [-0.25, -0.2) is 0 Å². The molecule has 2 saturated heterocycles. The van der Waals surface area contributed by atoms with Gasteiger partial charge in [-0.1, -0.05) is 38.1 Å². The van der Waals surface area contributed by atoms with Gasteiger partial charge in [-0.15, -0.1) is 24.0 Å². The maximum Gasteiger partial charge on any atom is 0.222 e. The van der Waals surface area contributed by atoms with Crippen LogP contribution in [-0.4, -0.2) is 74.1 Å². The lowest BCUT2D eigenvalue weighted by molar-refractivity contribution is -0.128. The normalized spacial score (nSPS) is 18.8. The van der Waals surface area contributed by atoms with Crippen LogP contribution in [0.2, 0.25) is 0 Å². The van der Waals surface area contributed by atoms with E-state index in [0.29, 0.717) is 31.5 Å². The molecule has 8 heteroatoms. The molecule has 0 spiro atoms. The number of aliphatic imine (C=N–C) groups is 1. The van der Waals surface area contributed by atoms with Crippen LogP contribution in [0.25, 0.3) is 0 Å². The lowest BCUT2D eigenvalue weighted by Gasteiger charge is -2.37. The highest BCUT2D eigenvalue weighted by Crippen LogP contribution is 2.15. The Balaban J connectivity index is 0.00000341. The molecule has 0 aromatic heterocycles. The Labute approximate surface area is 204 Å². The van der Waals surface area contributed by atoms with E-state index in [9.17, 15) is 4.79 Å². The number of amides is 1. The van der Waals surface area contributed by atoms with E-state index in [2.05, 4.69) is 58.6 Å². The van der Waals surface area contributed by atoms with Gasteiger partial charge < -0.3 is 20.3 Å². The smallest absolute Gasteiger partial charge is 0.222 e. The van der Waals surface area contributed by atoms with E-state index in [1.807, 2.05) is 11.9 Å². The summed E-state index contributed by atoms with van der Waals surface area (Å²) < 4.78 is 5.50. The van der Waals surface area contributed by atoms with Gasteiger partial charge in [0.1, 0.15) is 0 Å². The highest BCUT2D eigenvalue weighted by Gasteiger charge is 2.24. The van der Waals surface area contributed by atoms with Crippen LogP contribution in [-0.2, 0) is 22.6 Å². The summed E-state index contributed by atoms with van der Waals surface area (Å²) in [5, 5.41) is 6.93. The molecule has 0 radical (unpaired) electrons. The van der Waals surface area contributed by atoms with E-state index in [1.165, 1.54) is 11.1 Å². The third kappa shape index (κ3) is 7.91. The molecule has 1 aromatic rings. The number of guanidine groups is 1. The van der Waals surface area contributed by atoms with E-state index in [0.717, 1.165) is 51.8 Å². The number of carbonyl (C=O) groups excluding carboxylic acids is 1. The quantitative estimate of drug-likeness (QED) is 0.300. The predicted molar refractivity (Wildman–Crippen MR) is 136 cm³/mol. The number of nitrogens with zero attached hydrogens (tertiary/aromatic N) is 3. The minimum atomic E-state index is 0. The molecule has 1 aromatic carbocycles. The number of hydrogen-bond acceptors (Lipinski definition) is 4. The zero-order valence-corrected chi connectivity index (χ0v) is 21.4. The van der Waals surface area contributed by atoms with Crippen LogP contribution in [0.15, 0.2) is 29.3 Å². The van der Waals surface area contributed by atoms with Gasteiger partial charge in [0.2, 0.25) is 5.91 Å². The van der Waals surface area contributed by atoms with Crippen molar-refractivity contribution in [1.82, 2.24) is 20.4 Å². The van der Waals surface area contributed by atoms with Gasteiger partial charge in [0, 0.05) is 58.8 Å². The van der Waals surface area contributed by atoms with Crippen molar-refractivity contribution in [3.05, 3.63) is 35.4 Å². The molecule has 31 heavy (non-hydrogen) atoms. The highest BCUT2D eigenvalue weighted by atomic mass is 127. The lowest BCUT2D eigenvalue weighted by Crippen LogP contribution is -2.52. The fraction of sp³-hybridized carbons (Fsp3) is 0.652. The summed E-state index contributed by atoms with van der Waals surface area (Å²) in [6.45, 7) is 11.3. The number of nitrogens with one attached hydrogen (secondary N) is 2. The molecular formula is C23H38IN5O2. The van der Waals surface area contributed by atoms with Crippen molar-refractivity contribution in [3.8, 4) is 0 Å². The van der Waals surface area contributed by atoms with E-state index in [1.54, 1.807) is 0 Å². The van der Waals surface area contributed by atoms with E-state index in [4.69, 9.17) is 4.74 Å². The Morgan fingerprint density at radius 3 is 2.55 bits per heavy atom. The molecule has 3 rings (SSSR count). The van der Waals surface area contributed by atoms with Crippen molar-refractivity contribution < 1.29 is 9.53 Å². The Morgan fingerprint density at radius 2 is 1.90 bits per heavy atom. The summed E-state index contributed by atoms with van der Waals surface area (Å²) in [7, 11) is 1.81. The van der Waals surface area contributed by atoms with Gasteiger partial charge in [-0.3, -0.25) is 14.7 Å². The van der Waals surface area contributed by atoms with Gasteiger partial charge in [-0.05, 0) is 23.5 Å². The van der Waals surface area contributed by atoms with E-state index in [-0.39, 0.29) is 29.9 Å². The predicted octanol–water partition coefficient (Wildman–Crippen LogP) is 2.45. The maximum absolute atomic E-state index is 11.9. The number of likely N-dealkylation sites (tertiary alicyclic amines) is 1. The first-order valence-electron chi connectivity index (χ1n) is 11.2. The second kappa shape index (κ2) is 13.2. The number of halogens is 1. The number of rotatable bonds is 8. The van der Waals surface area contributed by atoms with Crippen molar-refractivity contribution >= 4 is 35.8 Å². The molecule has 0 aliphatic carbocycles.